The van der Waals surface area contributed by atoms with Gasteiger partial charge in [-0.1, -0.05) is 6.07 Å². The van der Waals surface area contributed by atoms with Crippen LogP contribution < -0.4 is 5.32 Å². The number of nitrogens with zero attached hydrogens (tertiary/aromatic N) is 1. The molecule has 1 aromatic carbocycles. The predicted molar refractivity (Wildman–Crippen MR) is 79.4 cm³/mol. The van der Waals surface area contributed by atoms with E-state index in [1.54, 1.807) is 12.1 Å². The predicted octanol–water partition coefficient (Wildman–Crippen LogP) is 1.70. The lowest BCUT2D eigenvalue weighted by Gasteiger charge is -2.36. The van der Waals surface area contributed by atoms with Crippen molar-refractivity contribution in [3.63, 3.8) is 0 Å². The molecule has 0 saturated carbocycles. The fourth-order valence-electron chi connectivity index (χ4n) is 3.51. The Morgan fingerprint density at radius 1 is 1.24 bits per heavy atom. The highest BCUT2D eigenvalue weighted by Gasteiger charge is 2.32. The molecule has 0 aliphatic carbocycles. The maximum Gasteiger partial charge on any atom is 0.257 e. The van der Waals surface area contributed by atoms with Gasteiger partial charge in [-0.25, -0.2) is 0 Å². The molecule has 5 nitrogen and oxygen atoms in total. The normalized spacial score (nSPS) is 26.0. The monoisotopic (exact) mass is 290 g/mol. The van der Waals surface area contributed by atoms with Crippen molar-refractivity contribution < 1.29 is 15.0 Å². The Labute approximate surface area is 124 Å². The van der Waals surface area contributed by atoms with Crippen LogP contribution in [0, 0.1) is 5.92 Å². The van der Waals surface area contributed by atoms with E-state index in [1.165, 1.54) is 18.9 Å². The molecule has 114 valence electrons. The number of para-hydroxylation sites is 1. The molecular formula is C16H22N2O3. The average molecular weight is 290 g/mol. The Balaban J connectivity index is 1.73. The van der Waals surface area contributed by atoms with Crippen LogP contribution >= 0.6 is 0 Å². The molecule has 2 unspecified atom stereocenters. The first-order valence-electron chi connectivity index (χ1n) is 7.70. The summed E-state index contributed by atoms with van der Waals surface area (Å²) in [6.45, 7) is 2.52. The molecule has 5 heteroatoms. The van der Waals surface area contributed by atoms with Crippen molar-refractivity contribution in [3.8, 4) is 11.5 Å². The zero-order chi connectivity index (χ0) is 14.8. The Hall–Kier alpha value is -1.75. The number of carbonyl (C=O) groups excluding carboxylic acids is 1. The molecule has 2 atom stereocenters. The second kappa shape index (κ2) is 5.93. The van der Waals surface area contributed by atoms with E-state index < -0.39 is 0 Å². The number of amides is 1. The third kappa shape index (κ3) is 2.83. The van der Waals surface area contributed by atoms with Crippen LogP contribution in [0.25, 0.3) is 0 Å². The van der Waals surface area contributed by atoms with Gasteiger partial charge < -0.3 is 20.4 Å². The minimum absolute atomic E-state index is 0.189. The summed E-state index contributed by atoms with van der Waals surface area (Å²) in [4.78, 5) is 14.4. The molecule has 3 N–H and O–H groups in total. The summed E-state index contributed by atoms with van der Waals surface area (Å²) >= 11 is 0. The molecular weight excluding hydrogens is 268 g/mol. The molecule has 3 rings (SSSR count). The molecule has 2 heterocycles. The second-order valence-corrected chi connectivity index (χ2v) is 6.03. The highest BCUT2D eigenvalue weighted by Crippen LogP contribution is 2.31. The summed E-state index contributed by atoms with van der Waals surface area (Å²) in [5.74, 6) is -0.258. The fraction of sp³-hybridized carbons (Fsp3) is 0.562. The highest BCUT2D eigenvalue weighted by molar-refractivity contribution is 5.97. The van der Waals surface area contributed by atoms with E-state index in [-0.39, 0.29) is 23.0 Å². The number of phenols is 2. The van der Waals surface area contributed by atoms with E-state index >= 15 is 0 Å². The molecule has 0 aromatic heterocycles. The van der Waals surface area contributed by atoms with Crippen LogP contribution in [-0.2, 0) is 0 Å². The largest absolute Gasteiger partial charge is 0.504 e. The molecule has 0 spiro atoms. The molecule has 21 heavy (non-hydrogen) atoms. The number of rotatable bonds is 2. The quantitative estimate of drug-likeness (QED) is 0.725. The van der Waals surface area contributed by atoms with Crippen LogP contribution in [0.5, 0.6) is 11.5 Å². The summed E-state index contributed by atoms with van der Waals surface area (Å²) in [5, 5.41) is 22.9. The van der Waals surface area contributed by atoms with E-state index in [1.807, 2.05) is 4.90 Å². The summed E-state index contributed by atoms with van der Waals surface area (Å²) in [5.41, 5.74) is 0.190. The van der Waals surface area contributed by atoms with Gasteiger partial charge in [0.15, 0.2) is 11.5 Å². The zero-order valence-electron chi connectivity index (χ0n) is 12.1. The number of aromatic hydroxyl groups is 2. The topological polar surface area (TPSA) is 72.8 Å². The van der Waals surface area contributed by atoms with Crippen molar-refractivity contribution in [3.05, 3.63) is 23.8 Å². The number of phenolic OH excluding ortho intramolecular Hbond substituents is 2. The Kier molecular flexibility index (Phi) is 4.01. The van der Waals surface area contributed by atoms with Gasteiger partial charge in [0.2, 0.25) is 0 Å². The third-order valence-electron chi connectivity index (χ3n) is 4.66. The Morgan fingerprint density at radius 3 is 2.86 bits per heavy atom. The average Bonchev–Trinajstić information content (AvgIpc) is 3.04. The van der Waals surface area contributed by atoms with Crippen molar-refractivity contribution in [2.75, 3.05) is 19.6 Å². The standard InChI is InChI=1S/C16H22N2O3/c19-14-7-1-5-12(15(14)20)16(21)18-9-3-4-11(10-18)13-6-2-8-17-13/h1,5,7,11,13,17,19-20H,2-4,6,8-10H2. The van der Waals surface area contributed by atoms with Gasteiger partial charge >= 0.3 is 0 Å². The van der Waals surface area contributed by atoms with Gasteiger partial charge in [0.25, 0.3) is 5.91 Å². The maximum atomic E-state index is 12.6. The lowest BCUT2D eigenvalue weighted by molar-refractivity contribution is 0.0647. The minimum Gasteiger partial charge on any atom is -0.504 e. The smallest absolute Gasteiger partial charge is 0.257 e. The van der Waals surface area contributed by atoms with E-state index in [9.17, 15) is 15.0 Å². The van der Waals surface area contributed by atoms with Gasteiger partial charge in [0.1, 0.15) is 0 Å². The maximum absolute atomic E-state index is 12.6. The van der Waals surface area contributed by atoms with E-state index in [2.05, 4.69) is 5.32 Å². The van der Waals surface area contributed by atoms with Crippen LogP contribution in [0.1, 0.15) is 36.0 Å². The number of carbonyl (C=O) groups is 1. The lowest BCUT2D eigenvalue weighted by Crippen LogP contribution is -2.45. The van der Waals surface area contributed by atoms with E-state index in [4.69, 9.17) is 0 Å². The van der Waals surface area contributed by atoms with Gasteiger partial charge in [0.05, 0.1) is 5.56 Å². The molecule has 2 aliphatic rings. The van der Waals surface area contributed by atoms with Crippen LogP contribution in [-0.4, -0.2) is 46.7 Å². The van der Waals surface area contributed by atoms with Crippen LogP contribution in [0.4, 0.5) is 0 Å². The number of hydrogen-bond donors (Lipinski definition) is 3. The molecule has 2 saturated heterocycles. The van der Waals surface area contributed by atoms with E-state index in [0.717, 1.165) is 32.5 Å². The van der Waals surface area contributed by atoms with Crippen LogP contribution in [0.3, 0.4) is 0 Å². The van der Waals surface area contributed by atoms with Crippen LogP contribution in [0.2, 0.25) is 0 Å². The van der Waals surface area contributed by atoms with Crippen molar-refractivity contribution in [2.45, 2.75) is 31.7 Å². The number of piperidine rings is 1. The highest BCUT2D eigenvalue weighted by atomic mass is 16.3. The van der Waals surface area contributed by atoms with Gasteiger partial charge in [-0.2, -0.15) is 0 Å². The first kappa shape index (κ1) is 14.2. The summed E-state index contributed by atoms with van der Waals surface area (Å²) in [6, 6.07) is 5.04. The van der Waals surface area contributed by atoms with Crippen molar-refractivity contribution >= 4 is 5.91 Å². The molecule has 2 aliphatic heterocycles. The van der Waals surface area contributed by atoms with Gasteiger partial charge in [-0.3, -0.25) is 4.79 Å². The lowest BCUT2D eigenvalue weighted by atomic mass is 9.89. The molecule has 0 bridgehead atoms. The van der Waals surface area contributed by atoms with Crippen molar-refractivity contribution in [2.24, 2.45) is 5.92 Å². The summed E-state index contributed by atoms with van der Waals surface area (Å²) in [7, 11) is 0. The number of hydrogen-bond acceptors (Lipinski definition) is 4. The summed E-state index contributed by atoms with van der Waals surface area (Å²) < 4.78 is 0. The second-order valence-electron chi connectivity index (χ2n) is 6.03. The first-order chi connectivity index (χ1) is 10.2. The van der Waals surface area contributed by atoms with E-state index in [0.29, 0.717) is 12.0 Å². The minimum atomic E-state index is -0.316. The Morgan fingerprint density at radius 2 is 2.10 bits per heavy atom. The van der Waals surface area contributed by atoms with Gasteiger partial charge in [-0.15, -0.1) is 0 Å². The molecule has 2 fully saturated rings. The fourth-order valence-corrected chi connectivity index (χ4v) is 3.51. The molecule has 1 amide bonds. The Bertz CT molecular complexity index is 526. The number of nitrogens with one attached hydrogen (secondary N) is 1. The van der Waals surface area contributed by atoms with Crippen LogP contribution in [0.15, 0.2) is 18.2 Å². The van der Waals surface area contributed by atoms with Crippen molar-refractivity contribution in [1.82, 2.24) is 10.2 Å². The van der Waals surface area contributed by atoms with Gasteiger partial charge in [0, 0.05) is 19.1 Å². The first-order valence-corrected chi connectivity index (χ1v) is 7.70. The summed E-state index contributed by atoms with van der Waals surface area (Å²) in [6.07, 6.45) is 4.54. The molecule has 0 radical (unpaired) electrons. The number of likely N-dealkylation sites (tertiary alicyclic amines) is 1. The zero-order valence-corrected chi connectivity index (χ0v) is 12.1. The van der Waals surface area contributed by atoms with Gasteiger partial charge in [-0.05, 0) is 50.3 Å². The third-order valence-corrected chi connectivity index (χ3v) is 4.66. The molecule has 1 aromatic rings. The number of benzene rings is 1. The van der Waals surface area contributed by atoms with Crippen molar-refractivity contribution in [1.29, 1.82) is 0 Å². The SMILES string of the molecule is O=C(c1cccc(O)c1O)N1CCCC(C2CCCN2)C1.